The number of halogens is 1. The molecule has 1 aromatic rings. The molecule has 2 aliphatic rings. The van der Waals surface area contributed by atoms with Crippen LogP contribution in [0, 0.1) is 5.92 Å². The third-order valence-electron chi connectivity index (χ3n) is 4.91. The van der Waals surface area contributed by atoms with Crippen molar-refractivity contribution in [3.8, 4) is 0 Å². The van der Waals surface area contributed by atoms with Gasteiger partial charge in [0.2, 0.25) is 5.91 Å². The molecular formula is C18H30ClN5O. The van der Waals surface area contributed by atoms with Crippen molar-refractivity contribution in [2.45, 2.75) is 19.4 Å². The van der Waals surface area contributed by atoms with Gasteiger partial charge in [0.1, 0.15) is 5.82 Å². The fraction of sp³-hybridized carbons (Fsp3) is 0.667. The Labute approximate surface area is 157 Å². The number of nitrogens with zero attached hydrogens (tertiary/aromatic N) is 4. The van der Waals surface area contributed by atoms with Gasteiger partial charge in [-0.3, -0.25) is 4.79 Å². The fourth-order valence-corrected chi connectivity index (χ4v) is 3.55. The summed E-state index contributed by atoms with van der Waals surface area (Å²) in [5.74, 6) is 1.60. The Morgan fingerprint density at radius 2 is 1.88 bits per heavy atom. The highest BCUT2D eigenvalue weighted by atomic mass is 35.5. The lowest BCUT2D eigenvalue weighted by molar-refractivity contribution is -0.136. The minimum absolute atomic E-state index is 0. The Balaban J connectivity index is 0.00000225. The van der Waals surface area contributed by atoms with E-state index in [1.807, 2.05) is 11.1 Å². The van der Waals surface area contributed by atoms with E-state index >= 15 is 0 Å². The number of carbonyl (C=O) groups is 1. The summed E-state index contributed by atoms with van der Waals surface area (Å²) >= 11 is 0. The standard InChI is InChI=1S/C18H29N5O.ClH/c1-21(2)14-15-3-4-17(20-13-15)22-9-11-23(12-10-22)18(24)16-5-7-19-8-6-16;/h3-4,13,16,19H,5-12,14H2,1-2H3;1H. The van der Waals surface area contributed by atoms with Gasteiger partial charge in [0, 0.05) is 44.8 Å². The topological polar surface area (TPSA) is 51.7 Å². The highest BCUT2D eigenvalue weighted by Gasteiger charge is 2.28. The average molecular weight is 368 g/mol. The molecule has 0 bridgehead atoms. The first kappa shape index (κ1) is 19.9. The highest BCUT2D eigenvalue weighted by molar-refractivity contribution is 5.85. The number of hydrogen-bond acceptors (Lipinski definition) is 5. The van der Waals surface area contributed by atoms with Crippen LogP contribution in [0.2, 0.25) is 0 Å². The first-order valence-electron chi connectivity index (χ1n) is 8.97. The smallest absolute Gasteiger partial charge is 0.225 e. The minimum atomic E-state index is 0. The van der Waals surface area contributed by atoms with E-state index in [9.17, 15) is 4.79 Å². The van der Waals surface area contributed by atoms with Gasteiger partial charge in [-0.05, 0) is 51.7 Å². The molecule has 1 aromatic heterocycles. The van der Waals surface area contributed by atoms with Crippen LogP contribution in [0.5, 0.6) is 0 Å². The lowest BCUT2D eigenvalue weighted by atomic mass is 9.96. The number of aromatic nitrogens is 1. The largest absolute Gasteiger partial charge is 0.353 e. The fourth-order valence-electron chi connectivity index (χ4n) is 3.55. The third kappa shape index (κ3) is 5.30. The number of piperidine rings is 1. The van der Waals surface area contributed by atoms with Crippen LogP contribution in [-0.4, -0.2) is 74.1 Å². The van der Waals surface area contributed by atoms with Crippen LogP contribution in [0.1, 0.15) is 18.4 Å². The van der Waals surface area contributed by atoms with Crippen molar-refractivity contribution in [2.75, 3.05) is 58.3 Å². The highest BCUT2D eigenvalue weighted by Crippen LogP contribution is 2.19. The molecule has 2 aliphatic heterocycles. The number of hydrogen-bond donors (Lipinski definition) is 1. The van der Waals surface area contributed by atoms with Crippen LogP contribution in [-0.2, 0) is 11.3 Å². The zero-order valence-corrected chi connectivity index (χ0v) is 16.1. The molecule has 0 unspecified atom stereocenters. The second-order valence-corrected chi connectivity index (χ2v) is 7.10. The predicted molar refractivity (Wildman–Crippen MR) is 103 cm³/mol. The van der Waals surface area contributed by atoms with Crippen LogP contribution in [0.4, 0.5) is 5.82 Å². The summed E-state index contributed by atoms with van der Waals surface area (Å²) in [6.07, 6.45) is 3.92. The number of pyridine rings is 1. The van der Waals surface area contributed by atoms with Gasteiger partial charge in [0.15, 0.2) is 0 Å². The molecule has 140 valence electrons. The van der Waals surface area contributed by atoms with Crippen molar-refractivity contribution in [3.05, 3.63) is 23.9 Å². The number of amides is 1. The molecule has 3 heterocycles. The molecule has 2 fully saturated rings. The van der Waals surface area contributed by atoms with Crippen molar-refractivity contribution < 1.29 is 4.79 Å². The summed E-state index contributed by atoms with van der Waals surface area (Å²) in [4.78, 5) is 23.7. The molecule has 0 radical (unpaired) electrons. The van der Waals surface area contributed by atoms with Crippen LogP contribution >= 0.6 is 12.4 Å². The monoisotopic (exact) mass is 367 g/mol. The molecule has 25 heavy (non-hydrogen) atoms. The molecule has 0 atom stereocenters. The maximum atomic E-state index is 12.6. The van der Waals surface area contributed by atoms with Crippen molar-refractivity contribution >= 4 is 24.1 Å². The maximum absolute atomic E-state index is 12.6. The second-order valence-electron chi connectivity index (χ2n) is 7.10. The van der Waals surface area contributed by atoms with Gasteiger partial charge in [-0.2, -0.15) is 0 Å². The van der Waals surface area contributed by atoms with E-state index in [1.165, 1.54) is 5.56 Å². The average Bonchev–Trinajstić information content (AvgIpc) is 2.62. The summed E-state index contributed by atoms with van der Waals surface area (Å²) in [5, 5.41) is 3.33. The SMILES string of the molecule is CN(C)Cc1ccc(N2CCN(C(=O)C3CCNCC3)CC2)nc1.Cl. The van der Waals surface area contributed by atoms with Crippen LogP contribution in [0.25, 0.3) is 0 Å². The molecule has 0 saturated carbocycles. The van der Waals surface area contributed by atoms with Gasteiger partial charge >= 0.3 is 0 Å². The van der Waals surface area contributed by atoms with E-state index in [-0.39, 0.29) is 18.3 Å². The summed E-state index contributed by atoms with van der Waals surface area (Å²) in [7, 11) is 4.12. The number of rotatable bonds is 4. The Kier molecular flexibility index (Phi) is 7.47. The Hall–Kier alpha value is -1.37. The molecule has 0 spiro atoms. The summed E-state index contributed by atoms with van der Waals surface area (Å²) < 4.78 is 0. The number of nitrogens with one attached hydrogen (secondary N) is 1. The molecular weight excluding hydrogens is 338 g/mol. The Bertz CT molecular complexity index is 537. The molecule has 0 aliphatic carbocycles. The van der Waals surface area contributed by atoms with Crippen LogP contribution in [0.15, 0.2) is 18.3 Å². The summed E-state index contributed by atoms with van der Waals surface area (Å²) in [5.41, 5.74) is 1.23. The van der Waals surface area contributed by atoms with Gasteiger partial charge in [-0.1, -0.05) is 6.07 Å². The molecule has 7 heteroatoms. The van der Waals surface area contributed by atoms with Crippen LogP contribution in [0.3, 0.4) is 0 Å². The van der Waals surface area contributed by atoms with Crippen LogP contribution < -0.4 is 10.2 Å². The minimum Gasteiger partial charge on any atom is -0.353 e. The van der Waals surface area contributed by atoms with Crippen molar-refractivity contribution in [1.82, 2.24) is 20.1 Å². The number of carbonyl (C=O) groups excluding carboxylic acids is 1. The zero-order chi connectivity index (χ0) is 16.9. The van der Waals surface area contributed by atoms with E-state index in [1.54, 1.807) is 0 Å². The van der Waals surface area contributed by atoms with Gasteiger partial charge in [-0.25, -0.2) is 4.98 Å². The van der Waals surface area contributed by atoms with Crippen molar-refractivity contribution in [1.29, 1.82) is 0 Å². The number of piperazine rings is 1. The van der Waals surface area contributed by atoms with Gasteiger partial charge < -0.3 is 20.0 Å². The first-order chi connectivity index (χ1) is 11.6. The predicted octanol–water partition coefficient (Wildman–Crippen LogP) is 1.21. The summed E-state index contributed by atoms with van der Waals surface area (Å²) in [6.45, 7) is 6.21. The summed E-state index contributed by atoms with van der Waals surface area (Å²) in [6, 6.07) is 4.25. The third-order valence-corrected chi connectivity index (χ3v) is 4.91. The van der Waals surface area contributed by atoms with E-state index in [2.05, 4.69) is 46.3 Å². The second kappa shape index (κ2) is 9.36. The van der Waals surface area contributed by atoms with Gasteiger partial charge in [-0.15, -0.1) is 12.4 Å². The quantitative estimate of drug-likeness (QED) is 0.867. The van der Waals surface area contributed by atoms with Gasteiger partial charge in [0.25, 0.3) is 0 Å². The lowest BCUT2D eigenvalue weighted by Gasteiger charge is -2.37. The van der Waals surface area contributed by atoms with E-state index in [4.69, 9.17) is 0 Å². The number of anilines is 1. The molecule has 1 amide bonds. The first-order valence-corrected chi connectivity index (χ1v) is 8.97. The lowest BCUT2D eigenvalue weighted by Crippen LogP contribution is -2.51. The van der Waals surface area contributed by atoms with Gasteiger partial charge in [0.05, 0.1) is 0 Å². The Morgan fingerprint density at radius 1 is 1.20 bits per heavy atom. The van der Waals surface area contributed by atoms with Crippen molar-refractivity contribution in [2.24, 2.45) is 5.92 Å². The molecule has 2 saturated heterocycles. The van der Waals surface area contributed by atoms with E-state index < -0.39 is 0 Å². The van der Waals surface area contributed by atoms with E-state index in [0.717, 1.165) is 64.5 Å². The zero-order valence-electron chi connectivity index (χ0n) is 15.3. The molecule has 3 rings (SSSR count). The Morgan fingerprint density at radius 3 is 2.44 bits per heavy atom. The van der Waals surface area contributed by atoms with Crippen molar-refractivity contribution in [3.63, 3.8) is 0 Å². The van der Waals surface area contributed by atoms with E-state index in [0.29, 0.717) is 5.91 Å². The molecule has 6 nitrogen and oxygen atoms in total. The molecule has 0 aromatic carbocycles. The maximum Gasteiger partial charge on any atom is 0.225 e. The normalized spacial score (nSPS) is 19.0. The molecule has 1 N–H and O–H groups in total.